The molecule has 2 aromatic carbocycles. The molecule has 0 bridgehead atoms. The van der Waals surface area contributed by atoms with E-state index < -0.39 is 0 Å². The number of benzene rings is 2. The standard InChI is InChI=1S/C24H29FN2O2/c1-2-4-18-11-14-27(15-12-18)13-3-16-28-21-8-5-19(6-9-21)24-22-10-7-20(25)17-23(22)29-26-24/h5-10,17-18H,2-4,11-16H2,1H3. The van der Waals surface area contributed by atoms with E-state index >= 15 is 0 Å². The van der Waals surface area contributed by atoms with Crippen molar-refractivity contribution < 1.29 is 13.7 Å². The second-order valence-electron chi connectivity index (χ2n) is 7.97. The summed E-state index contributed by atoms with van der Waals surface area (Å²) < 4.78 is 24.5. The number of piperidine rings is 1. The van der Waals surface area contributed by atoms with Crippen LogP contribution in [0.5, 0.6) is 5.75 Å². The van der Waals surface area contributed by atoms with Crippen LogP contribution in [0.15, 0.2) is 47.0 Å². The maximum Gasteiger partial charge on any atom is 0.170 e. The fourth-order valence-corrected chi connectivity index (χ4v) is 4.21. The van der Waals surface area contributed by atoms with Gasteiger partial charge in [0, 0.05) is 23.6 Å². The van der Waals surface area contributed by atoms with Crippen molar-refractivity contribution in [2.24, 2.45) is 5.92 Å². The highest BCUT2D eigenvalue weighted by Gasteiger charge is 2.17. The summed E-state index contributed by atoms with van der Waals surface area (Å²) in [5.41, 5.74) is 2.11. The van der Waals surface area contributed by atoms with Gasteiger partial charge in [-0.05, 0) is 74.7 Å². The van der Waals surface area contributed by atoms with Crippen molar-refractivity contribution in [3.05, 3.63) is 48.3 Å². The Kier molecular flexibility index (Phi) is 6.45. The Bertz CT molecular complexity index is 914. The van der Waals surface area contributed by atoms with Crippen molar-refractivity contribution in [3.63, 3.8) is 0 Å². The number of likely N-dealkylation sites (tertiary alicyclic amines) is 1. The summed E-state index contributed by atoms with van der Waals surface area (Å²) in [6.45, 7) is 6.58. The molecule has 0 saturated carbocycles. The highest BCUT2D eigenvalue weighted by atomic mass is 19.1. The molecule has 0 aliphatic carbocycles. The molecule has 4 nitrogen and oxygen atoms in total. The zero-order valence-corrected chi connectivity index (χ0v) is 17.1. The molecule has 2 heterocycles. The first-order valence-electron chi connectivity index (χ1n) is 10.7. The zero-order valence-electron chi connectivity index (χ0n) is 17.1. The van der Waals surface area contributed by atoms with Crippen molar-refractivity contribution >= 4 is 11.0 Å². The van der Waals surface area contributed by atoms with Crippen molar-refractivity contribution in [2.75, 3.05) is 26.2 Å². The SMILES string of the molecule is CCCC1CCN(CCCOc2ccc(-c3noc4cc(F)ccc34)cc2)CC1. The fraction of sp³-hybridized carbons (Fsp3) is 0.458. The second kappa shape index (κ2) is 9.40. The summed E-state index contributed by atoms with van der Waals surface area (Å²) in [5, 5.41) is 4.90. The molecule has 0 N–H and O–H groups in total. The Balaban J connectivity index is 1.25. The lowest BCUT2D eigenvalue weighted by Crippen LogP contribution is -2.34. The Hall–Kier alpha value is -2.40. The third kappa shape index (κ3) is 4.96. The molecule has 1 aliphatic heterocycles. The van der Waals surface area contributed by atoms with Crippen LogP contribution in [0, 0.1) is 11.7 Å². The number of rotatable bonds is 8. The third-order valence-electron chi connectivity index (χ3n) is 5.85. The molecule has 0 amide bonds. The number of hydrogen-bond donors (Lipinski definition) is 0. The van der Waals surface area contributed by atoms with Gasteiger partial charge in [-0.3, -0.25) is 0 Å². The summed E-state index contributed by atoms with van der Waals surface area (Å²) in [4.78, 5) is 2.57. The Morgan fingerprint density at radius 2 is 1.93 bits per heavy atom. The highest BCUT2D eigenvalue weighted by Crippen LogP contribution is 2.29. The fourth-order valence-electron chi connectivity index (χ4n) is 4.21. The van der Waals surface area contributed by atoms with E-state index in [1.807, 2.05) is 24.3 Å². The summed E-state index contributed by atoms with van der Waals surface area (Å²) in [6.07, 6.45) is 6.43. The quantitative estimate of drug-likeness (QED) is 0.443. The van der Waals surface area contributed by atoms with Gasteiger partial charge in [0.15, 0.2) is 5.58 Å². The minimum atomic E-state index is -0.325. The molecule has 0 unspecified atom stereocenters. The molecule has 4 rings (SSSR count). The van der Waals surface area contributed by atoms with Gasteiger partial charge >= 0.3 is 0 Å². The molecule has 1 fully saturated rings. The molecule has 0 spiro atoms. The van der Waals surface area contributed by atoms with E-state index in [0.29, 0.717) is 5.58 Å². The first kappa shape index (κ1) is 19.9. The van der Waals surface area contributed by atoms with E-state index in [9.17, 15) is 4.39 Å². The minimum Gasteiger partial charge on any atom is -0.494 e. The number of aromatic nitrogens is 1. The lowest BCUT2D eigenvalue weighted by Gasteiger charge is -2.31. The smallest absolute Gasteiger partial charge is 0.170 e. The van der Waals surface area contributed by atoms with Gasteiger partial charge in [0.05, 0.1) is 6.61 Å². The predicted octanol–water partition coefficient (Wildman–Crippen LogP) is 5.91. The first-order chi connectivity index (χ1) is 14.2. The second-order valence-corrected chi connectivity index (χ2v) is 7.97. The van der Waals surface area contributed by atoms with Gasteiger partial charge in [-0.1, -0.05) is 24.9 Å². The van der Waals surface area contributed by atoms with Crippen LogP contribution in [0.2, 0.25) is 0 Å². The van der Waals surface area contributed by atoms with E-state index in [-0.39, 0.29) is 5.82 Å². The van der Waals surface area contributed by atoms with Crippen LogP contribution in [0.3, 0.4) is 0 Å². The topological polar surface area (TPSA) is 38.5 Å². The van der Waals surface area contributed by atoms with Gasteiger partial charge < -0.3 is 14.2 Å². The molecule has 5 heteroatoms. The van der Waals surface area contributed by atoms with Gasteiger partial charge in [-0.15, -0.1) is 0 Å². The molecular formula is C24H29FN2O2. The molecule has 3 aromatic rings. The van der Waals surface area contributed by atoms with Gasteiger partial charge in [-0.2, -0.15) is 0 Å². The number of nitrogens with zero attached hydrogens (tertiary/aromatic N) is 2. The molecule has 1 saturated heterocycles. The van der Waals surface area contributed by atoms with Crippen LogP contribution >= 0.6 is 0 Å². The zero-order chi connectivity index (χ0) is 20.1. The maximum atomic E-state index is 13.3. The summed E-state index contributed by atoms with van der Waals surface area (Å²) >= 11 is 0. The first-order valence-corrected chi connectivity index (χ1v) is 10.7. The summed E-state index contributed by atoms with van der Waals surface area (Å²) in [6, 6.07) is 12.3. The van der Waals surface area contributed by atoms with Crippen molar-refractivity contribution in [2.45, 2.75) is 39.0 Å². The highest BCUT2D eigenvalue weighted by molar-refractivity contribution is 5.91. The minimum absolute atomic E-state index is 0.325. The number of halogens is 1. The van der Waals surface area contributed by atoms with Crippen molar-refractivity contribution in [1.29, 1.82) is 0 Å². The van der Waals surface area contributed by atoms with E-state index in [1.54, 1.807) is 6.07 Å². The van der Waals surface area contributed by atoms with E-state index in [0.717, 1.165) is 47.9 Å². The lowest BCUT2D eigenvalue weighted by molar-refractivity contribution is 0.166. The van der Waals surface area contributed by atoms with E-state index in [4.69, 9.17) is 9.26 Å². The molecule has 0 atom stereocenters. The maximum absolute atomic E-state index is 13.3. The van der Waals surface area contributed by atoms with E-state index in [2.05, 4.69) is 17.0 Å². The monoisotopic (exact) mass is 396 g/mol. The van der Waals surface area contributed by atoms with Crippen LogP contribution in [0.25, 0.3) is 22.2 Å². The molecule has 29 heavy (non-hydrogen) atoms. The number of hydrogen-bond acceptors (Lipinski definition) is 4. The molecule has 1 aliphatic rings. The Labute approximate surface area is 171 Å². The van der Waals surface area contributed by atoms with Crippen molar-refractivity contribution in [1.82, 2.24) is 10.1 Å². The van der Waals surface area contributed by atoms with Gasteiger partial charge in [-0.25, -0.2) is 4.39 Å². The van der Waals surface area contributed by atoms with Gasteiger partial charge in [0.1, 0.15) is 17.3 Å². The summed E-state index contributed by atoms with van der Waals surface area (Å²) in [5.74, 6) is 1.47. The lowest BCUT2D eigenvalue weighted by atomic mass is 9.92. The Morgan fingerprint density at radius 3 is 2.69 bits per heavy atom. The third-order valence-corrected chi connectivity index (χ3v) is 5.85. The van der Waals surface area contributed by atoms with Crippen LogP contribution in [-0.4, -0.2) is 36.3 Å². The summed E-state index contributed by atoms with van der Waals surface area (Å²) in [7, 11) is 0. The van der Waals surface area contributed by atoms with Crippen LogP contribution in [0.1, 0.15) is 39.0 Å². The number of fused-ring (bicyclic) bond motifs is 1. The van der Waals surface area contributed by atoms with Crippen LogP contribution in [-0.2, 0) is 0 Å². The average Bonchev–Trinajstić information content (AvgIpc) is 3.16. The van der Waals surface area contributed by atoms with Crippen molar-refractivity contribution in [3.8, 4) is 17.0 Å². The van der Waals surface area contributed by atoms with Gasteiger partial charge in [0.25, 0.3) is 0 Å². The Morgan fingerprint density at radius 1 is 1.14 bits per heavy atom. The molecule has 1 aromatic heterocycles. The average molecular weight is 397 g/mol. The van der Waals surface area contributed by atoms with Crippen LogP contribution < -0.4 is 4.74 Å². The van der Waals surface area contributed by atoms with E-state index in [1.165, 1.54) is 50.9 Å². The largest absolute Gasteiger partial charge is 0.494 e. The predicted molar refractivity (Wildman–Crippen MR) is 114 cm³/mol. The van der Waals surface area contributed by atoms with Gasteiger partial charge in [0.2, 0.25) is 0 Å². The molecular weight excluding hydrogens is 367 g/mol. The number of ether oxygens (including phenoxy) is 1. The molecule has 154 valence electrons. The molecule has 0 radical (unpaired) electrons. The van der Waals surface area contributed by atoms with Crippen LogP contribution in [0.4, 0.5) is 4.39 Å². The normalized spacial score (nSPS) is 15.8.